The highest BCUT2D eigenvalue weighted by atomic mass is 35.5. The van der Waals surface area contributed by atoms with Gasteiger partial charge in [0, 0.05) is 12.1 Å². The zero-order valence-electron chi connectivity index (χ0n) is 15.5. The summed E-state index contributed by atoms with van der Waals surface area (Å²) >= 11 is 6.05. The van der Waals surface area contributed by atoms with Crippen LogP contribution in [0.2, 0.25) is 0 Å². The molecule has 3 N–H and O–H groups in total. The zero-order chi connectivity index (χ0) is 22.5. The summed E-state index contributed by atoms with van der Waals surface area (Å²) in [6.07, 6.45) is -3.88. The fourth-order valence-electron chi connectivity index (χ4n) is 3.38. The number of nitrogens with zero attached hydrogens (tertiary/aromatic N) is 1. The number of piperidine rings is 1. The Hall–Kier alpha value is -3.21. The minimum atomic E-state index is -4.94. The molecular formula is C19H13ClF4N4O3. The number of hydrogen-bond acceptors (Lipinski definition) is 5. The normalized spacial score (nSPS) is 19.4. The number of aromatic nitrogens is 2. The summed E-state index contributed by atoms with van der Waals surface area (Å²) in [7, 11) is 0. The maximum atomic E-state index is 13.6. The van der Waals surface area contributed by atoms with E-state index >= 15 is 0 Å². The number of rotatable bonds is 3. The lowest BCUT2D eigenvalue weighted by atomic mass is 10.00. The van der Waals surface area contributed by atoms with Gasteiger partial charge in [-0.05, 0) is 31.0 Å². The molecule has 1 aliphatic heterocycles. The standard InChI is InChI=1S/C19H13ClF4N4O3/c20-11-12(26-10-2-1-5-25-18(10)31)16(30)14-13(15(11)29)27-17(28-14)7-3-4-9(21)8(6-7)19(22,23)24/h3-4,6,10,26H,1-2,5H2,(H,25,31)(H,27,28)/t10-/m0/s1. The zero-order valence-corrected chi connectivity index (χ0v) is 16.2. The summed E-state index contributed by atoms with van der Waals surface area (Å²) < 4.78 is 52.6. The van der Waals surface area contributed by atoms with Crippen molar-refractivity contribution in [1.82, 2.24) is 20.6 Å². The third-order valence-electron chi connectivity index (χ3n) is 4.94. The minimum Gasteiger partial charge on any atom is -0.369 e. The van der Waals surface area contributed by atoms with Crippen LogP contribution in [-0.2, 0) is 11.0 Å². The second-order valence-corrected chi connectivity index (χ2v) is 7.36. The van der Waals surface area contributed by atoms with Crippen molar-refractivity contribution in [3.05, 3.63) is 51.7 Å². The largest absolute Gasteiger partial charge is 0.419 e. The highest BCUT2D eigenvalue weighted by molar-refractivity contribution is 6.49. The molecule has 162 valence electrons. The number of allylic oxidation sites excluding steroid dienone is 2. The van der Waals surface area contributed by atoms with Gasteiger partial charge in [0.25, 0.3) is 0 Å². The molecule has 1 aromatic heterocycles. The summed E-state index contributed by atoms with van der Waals surface area (Å²) in [5.41, 5.74) is -2.67. The number of imidazole rings is 1. The van der Waals surface area contributed by atoms with Gasteiger partial charge in [0.2, 0.25) is 17.5 Å². The fraction of sp³-hybridized carbons (Fsp3) is 0.263. The quantitative estimate of drug-likeness (QED) is 0.616. The third-order valence-corrected chi connectivity index (χ3v) is 5.30. The van der Waals surface area contributed by atoms with Crippen LogP contribution in [0, 0.1) is 5.82 Å². The first-order valence-corrected chi connectivity index (χ1v) is 9.46. The first-order valence-electron chi connectivity index (χ1n) is 9.08. The van der Waals surface area contributed by atoms with Crippen LogP contribution in [0.4, 0.5) is 17.6 Å². The third kappa shape index (κ3) is 3.69. The number of carbonyl (C=O) groups is 3. The van der Waals surface area contributed by atoms with Crippen LogP contribution >= 0.6 is 11.6 Å². The van der Waals surface area contributed by atoms with E-state index in [0.29, 0.717) is 31.5 Å². The molecule has 1 atom stereocenters. The number of aromatic amines is 1. The van der Waals surface area contributed by atoms with Crippen molar-refractivity contribution in [2.45, 2.75) is 25.1 Å². The lowest BCUT2D eigenvalue weighted by Gasteiger charge is -2.25. The summed E-state index contributed by atoms with van der Waals surface area (Å²) in [5.74, 6) is -3.67. The van der Waals surface area contributed by atoms with E-state index in [-0.39, 0.29) is 34.4 Å². The lowest BCUT2D eigenvalue weighted by Crippen LogP contribution is -2.49. The number of hydrogen-bond donors (Lipinski definition) is 3. The molecule has 0 unspecified atom stereocenters. The second kappa shape index (κ2) is 7.49. The Labute approximate surface area is 176 Å². The van der Waals surface area contributed by atoms with Crippen LogP contribution in [0.25, 0.3) is 11.4 Å². The van der Waals surface area contributed by atoms with Crippen molar-refractivity contribution >= 4 is 29.1 Å². The number of halogens is 5. The Bertz CT molecular complexity index is 1160. The van der Waals surface area contributed by atoms with Gasteiger partial charge in [-0.2, -0.15) is 13.2 Å². The molecule has 1 aliphatic carbocycles. The van der Waals surface area contributed by atoms with Gasteiger partial charge in [-0.15, -0.1) is 0 Å². The van der Waals surface area contributed by atoms with E-state index in [1.54, 1.807) is 0 Å². The number of Topliss-reactive ketones (excluding diaryl/α,β-unsaturated/α-hetero) is 2. The lowest BCUT2D eigenvalue weighted by molar-refractivity contribution is -0.140. The van der Waals surface area contributed by atoms with Gasteiger partial charge in [-0.25, -0.2) is 9.37 Å². The molecule has 2 aliphatic rings. The monoisotopic (exact) mass is 456 g/mol. The second-order valence-electron chi connectivity index (χ2n) is 6.98. The molecule has 0 spiro atoms. The van der Waals surface area contributed by atoms with Crippen LogP contribution in [0.5, 0.6) is 0 Å². The van der Waals surface area contributed by atoms with Crippen molar-refractivity contribution in [1.29, 1.82) is 0 Å². The number of alkyl halides is 3. The van der Waals surface area contributed by atoms with Gasteiger partial charge in [0.15, 0.2) is 0 Å². The van der Waals surface area contributed by atoms with E-state index in [1.807, 2.05) is 0 Å². The average Bonchev–Trinajstić information content (AvgIpc) is 3.16. The SMILES string of the molecule is O=C1C(N[C@H]2CCCNC2=O)=C(Cl)C(=O)c2[nH]c(-c3ccc(F)c(C(F)(F)F)c3)nc21. The van der Waals surface area contributed by atoms with E-state index in [0.717, 1.165) is 6.07 Å². The van der Waals surface area contributed by atoms with Crippen molar-refractivity contribution in [3.8, 4) is 11.4 Å². The molecule has 0 radical (unpaired) electrons. The van der Waals surface area contributed by atoms with Crippen molar-refractivity contribution in [2.75, 3.05) is 6.54 Å². The number of ketones is 2. The van der Waals surface area contributed by atoms with Crippen molar-refractivity contribution in [3.63, 3.8) is 0 Å². The molecule has 2 aromatic rings. The van der Waals surface area contributed by atoms with E-state index < -0.39 is 40.2 Å². The molecule has 1 aromatic carbocycles. The molecule has 12 heteroatoms. The fourth-order valence-corrected chi connectivity index (χ4v) is 3.62. The molecular weight excluding hydrogens is 444 g/mol. The number of nitrogens with one attached hydrogen (secondary N) is 3. The number of H-pyrrole nitrogens is 1. The van der Waals surface area contributed by atoms with Gasteiger partial charge in [-0.3, -0.25) is 14.4 Å². The Kier molecular flexibility index (Phi) is 5.08. The molecule has 0 bridgehead atoms. The molecule has 1 amide bonds. The van der Waals surface area contributed by atoms with Gasteiger partial charge < -0.3 is 15.6 Å². The van der Waals surface area contributed by atoms with Crippen molar-refractivity contribution in [2.24, 2.45) is 0 Å². The van der Waals surface area contributed by atoms with Crippen molar-refractivity contribution < 1.29 is 31.9 Å². The predicted molar refractivity (Wildman–Crippen MR) is 99.7 cm³/mol. The Morgan fingerprint density at radius 3 is 2.58 bits per heavy atom. The molecule has 31 heavy (non-hydrogen) atoms. The average molecular weight is 457 g/mol. The smallest absolute Gasteiger partial charge is 0.369 e. The van der Waals surface area contributed by atoms with E-state index in [4.69, 9.17) is 11.6 Å². The molecule has 4 rings (SSSR count). The molecule has 2 heterocycles. The summed E-state index contributed by atoms with van der Waals surface area (Å²) in [4.78, 5) is 43.9. The van der Waals surface area contributed by atoms with Gasteiger partial charge in [-0.1, -0.05) is 11.6 Å². The first kappa shape index (κ1) is 21.0. The molecule has 1 saturated heterocycles. The Morgan fingerprint density at radius 1 is 1.16 bits per heavy atom. The molecule has 7 nitrogen and oxygen atoms in total. The molecule has 1 fully saturated rings. The van der Waals surface area contributed by atoms with E-state index in [2.05, 4.69) is 20.6 Å². The number of benzene rings is 1. The van der Waals surface area contributed by atoms with Crippen LogP contribution in [0.3, 0.4) is 0 Å². The van der Waals surface area contributed by atoms with Gasteiger partial charge in [0.1, 0.15) is 39.8 Å². The van der Waals surface area contributed by atoms with E-state index in [9.17, 15) is 31.9 Å². The number of carbonyl (C=O) groups excluding carboxylic acids is 3. The molecule has 0 saturated carbocycles. The Morgan fingerprint density at radius 2 is 1.90 bits per heavy atom. The summed E-state index contributed by atoms with van der Waals surface area (Å²) in [6.45, 7) is 0.487. The van der Waals surface area contributed by atoms with Crippen LogP contribution < -0.4 is 10.6 Å². The number of fused-ring (bicyclic) bond motifs is 1. The van der Waals surface area contributed by atoms with Crippen LogP contribution in [-0.4, -0.2) is 40.0 Å². The Balaban J connectivity index is 1.70. The van der Waals surface area contributed by atoms with Crippen LogP contribution in [0.15, 0.2) is 28.9 Å². The predicted octanol–water partition coefficient (Wildman–Crippen LogP) is 2.93. The van der Waals surface area contributed by atoms with Gasteiger partial charge >= 0.3 is 6.18 Å². The maximum Gasteiger partial charge on any atom is 0.419 e. The summed E-state index contributed by atoms with van der Waals surface area (Å²) in [5, 5.41) is 4.83. The topological polar surface area (TPSA) is 104 Å². The van der Waals surface area contributed by atoms with E-state index in [1.165, 1.54) is 0 Å². The number of amides is 1. The highest BCUT2D eigenvalue weighted by Crippen LogP contribution is 2.35. The first-order chi connectivity index (χ1) is 14.6. The van der Waals surface area contributed by atoms with Gasteiger partial charge in [0.05, 0.1) is 5.56 Å². The van der Waals surface area contributed by atoms with Crippen LogP contribution in [0.1, 0.15) is 39.4 Å². The minimum absolute atomic E-state index is 0.180. The maximum absolute atomic E-state index is 13.6. The highest BCUT2D eigenvalue weighted by Gasteiger charge is 2.38. The summed E-state index contributed by atoms with van der Waals surface area (Å²) in [6, 6.07) is 1.39.